The minimum atomic E-state index is -1.03. The van der Waals surface area contributed by atoms with Gasteiger partial charge >= 0.3 is 6.09 Å². The molecule has 5 nitrogen and oxygen atoms in total. The normalized spacial score (nSPS) is 14.3. The molecule has 1 aliphatic carbocycles. The molecule has 0 spiro atoms. The van der Waals surface area contributed by atoms with E-state index in [-0.39, 0.29) is 25.5 Å². The Morgan fingerprint density at radius 2 is 1.44 bits per heavy atom. The monoisotopic (exact) mass is 453 g/mol. The van der Waals surface area contributed by atoms with Crippen LogP contribution in [0.2, 0.25) is 0 Å². The number of hydrogen-bond acceptors (Lipinski definition) is 4. The first-order valence-electron chi connectivity index (χ1n) is 11.6. The summed E-state index contributed by atoms with van der Waals surface area (Å²) < 4.78 is 5.52. The van der Waals surface area contributed by atoms with Crippen molar-refractivity contribution in [3.63, 3.8) is 0 Å². The molecule has 172 valence electrons. The number of hydrogen-bond donors (Lipinski definition) is 3. The van der Waals surface area contributed by atoms with E-state index in [0.717, 1.165) is 21.9 Å². The highest BCUT2D eigenvalue weighted by Crippen LogP contribution is 2.44. The van der Waals surface area contributed by atoms with Crippen LogP contribution in [0.1, 0.15) is 35.1 Å². The molecule has 2 unspecified atom stereocenters. The molecular weight excluding hydrogens is 426 g/mol. The summed E-state index contributed by atoms with van der Waals surface area (Å²) in [5, 5.41) is 25.8. The van der Waals surface area contributed by atoms with Crippen LogP contribution in [0.25, 0.3) is 21.9 Å². The third-order valence-corrected chi connectivity index (χ3v) is 6.53. The molecule has 3 N–H and O–H groups in total. The van der Waals surface area contributed by atoms with Gasteiger partial charge in [0.15, 0.2) is 0 Å². The van der Waals surface area contributed by atoms with Gasteiger partial charge in [-0.05, 0) is 51.1 Å². The molecule has 0 saturated carbocycles. The maximum atomic E-state index is 12.3. The maximum Gasteiger partial charge on any atom is 0.407 e. The van der Waals surface area contributed by atoms with Crippen molar-refractivity contribution < 1.29 is 19.7 Å². The molecular formula is C29H27NO4. The zero-order chi connectivity index (χ0) is 23.5. The summed E-state index contributed by atoms with van der Waals surface area (Å²) in [6.07, 6.45) is -2.36. The SMILES string of the molecule is O=C(NCCC(O)C(O)c1ccc2ccccc2c1)OCC1c2ccccc2-c2ccccc21. The third-order valence-electron chi connectivity index (χ3n) is 6.53. The number of benzene rings is 4. The number of ether oxygens (including phenoxy) is 1. The summed E-state index contributed by atoms with van der Waals surface area (Å²) in [5.74, 6) is -0.00142. The molecule has 0 heterocycles. The Morgan fingerprint density at radius 3 is 2.15 bits per heavy atom. The van der Waals surface area contributed by atoms with Crippen molar-refractivity contribution in [3.8, 4) is 11.1 Å². The van der Waals surface area contributed by atoms with E-state index in [2.05, 4.69) is 29.6 Å². The van der Waals surface area contributed by atoms with E-state index in [1.54, 1.807) is 0 Å². The fraction of sp³-hybridized carbons (Fsp3) is 0.207. The first-order chi connectivity index (χ1) is 16.6. The summed E-state index contributed by atoms with van der Waals surface area (Å²) in [6, 6.07) is 29.9. The number of aliphatic hydroxyl groups excluding tert-OH is 2. The lowest BCUT2D eigenvalue weighted by atomic mass is 9.98. The van der Waals surface area contributed by atoms with Gasteiger partial charge in [0.1, 0.15) is 12.7 Å². The van der Waals surface area contributed by atoms with Gasteiger partial charge in [-0.2, -0.15) is 0 Å². The number of carbonyl (C=O) groups is 1. The second-order valence-corrected chi connectivity index (χ2v) is 8.66. The van der Waals surface area contributed by atoms with Gasteiger partial charge in [0, 0.05) is 12.5 Å². The van der Waals surface area contributed by atoms with Crippen LogP contribution < -0.4 is 5.32 Å². The Labute approximate surface area is 198 Å². The topological polar surface area (TPSA) is 78.8 Å². The van der Waals surface area contributed by atoms with Crippen LogP contribution >= 0.6 is 0 Å². The summed E-state index contributed by atoms with van der Waals surface area (Å²) in [4.78, 5) is 12.3. The van der Waals surface area contributed by atoms with Crippen LogP contribution in [0.5, 0.6) is 0 Å². The maximum absolute atomic E-state index is 12.3. The van der Waals surface area contributed by atoms with Gasteiger partial charge in [-0.3, -0.25) is 0 Å². The Kier molecular flexibility index (Phi) is 6.30. The highest BCUT2D eigenvalue weighted by molar-refractivity contribution is 5.83. The van der Waals surface area contributed by atoms with Gasteiger partial charge in [-0.1, -0.05) is 84.9 Å². The predicted octanol–water partition coefficient (Wildman–Crippen LogP) is 5.16. The molecule has 1 amide bonds. The lowest BCUT2D eigenvalue weighted by Gasteiger charge is -2.19. The Morgan fingerprint density at radius 1 is 0.824 bits per heavy atom. The summed E-state index contributed by atoms with van der Waals surface area (Å²) in [5.41, 5.74) is 5.32. The molecule has 2 atom stereocenters. The first kappa shape index (κ1) is 22.1. The molecule has 4 aromatic carbocycles. The fourth-order valence-electron chi connectivity index (χ4n) is 4.74. The number of nitrogens with one attached hydrogen (secondary N) is 1. The van der Waals surface area contributed by atoms with Gasteiger partial charge in [-0.25, -0.2) is 4.79 Å². The molecule has 5 heteroatoms. The number of carbonyl (C=O) groups excluding carboxylic acids is 1. The lowest BCUT2D eigenvalue weighted by Crippen LogP contribution is -2.30. The Balaban J connectivity index is 1.13. The highest BCUT2D eigenvalue weighted by Gasteiger charge is 2.29. The highest BCUT2D eigenvalue weighted by atomic mass is 16.5. The minimum absolute atomic E-state index is 0.00142. The summed E-state index contributed by atoms with van der Waals surface area (Å²) in [6.45, 7) is 0.435. The molecule has 5 rings (SSSR count). The molecule has 0 fully saturated rings. The smallest absolute Gasteiger partial charge is 0.407 e. The van der Waals surface area contributed by atoms with Gasteiger partial charge in [0.05, 0.1) is 6.10 Å². The summed E-state index contributed by atoms with van der Waals surface area (Å²) in [7, 11) is 0. The van der Waals surface area contributed by atoms with Crippen molar-refractivity contribution in [2.45, 2.75) is 24.5 Å². The zero-order valence-electron chi connectivity index (χ0n) is 18.7. The van der Waals surface area contributed by atoms with Crippen molar-refractivity contribution in [1.82, 2.24) is 5.32 Å². The Bertz CT molecular complexity index is 1270. The average molecular weight is 454 g/mol. The van der Waals surface area contributed by atoms with E-state index in [1.807, 2.05) is 66.7 Å². The summed E-state index contributed by atoms with van der Waals surface area (Å²) >= 11 is 0. The molecule has 0 aromatic heterocycles. The van der Waals surface area contributed by atoms with E-state index in [9.17, 15) is 15.0 Å². The number of rotatable bonds is 7. The van der Waals surface area contributed by atoms with Crippen molar-refractivity contribution in [1.29, 1.82) is 0 Å². The molecule has 0 radical (unpaired) electrons. The van der Waals surface area contributed by atoms with E-state index in [4.69, 9.17) is 4.74 Å². The number of fused-ring (bicyclic) bond motifs is 4. The van der Waals surface area contributed by atoms with Gasteiger partial charge < -0.3 is 20.3 Å². The first-order valence-corrected chi connectivity index (χ1v) is 11.6. The standard InChI is InChI=1S/C29H27NO4/c31-27(28(32)21-14-13-19-7-1-2-8-20(19)17-21)15-16-30-29(33)34-18-26-24-11-5-3-9-22(24)23-10-4-6-12-25(23)26/h1-14,17,26-28,31-32H,15-16,18H2,(H,30,33). The van der Waals surface area contributed by atoms with E-state index >= 15 is 0 Å². The second kappa shape index (κ2) is 9.67. The second-order valence-electron chi connectivity index (χ2n) is 8.66. The van der Waals surface area contributed by atoms with Crippen LogP contribution in [0, 0.1) is 0 Å². The molecule has 0 saturated heterocycles. The predicted molar refractivity (Wildman–Crippen MR) is 133 cm³/mol. The van der Waals surface area contributed by atoms with Gasteiger partial charge in [0.25, 0.3) is 0 Å². The van der Waals surface area contributed by atoms with Crippen LogP contribution in [0.15, 0.2) is 91.0 Å². The number of aliphatic hydroxyl groups is 2. The molecule has 0 bridgehead atoms. The van der Waals surface area contributed by atoms with Crippen LogP contribution in [0.4, 0.5) is 4.79 Å². The minimum Gasteiger partial charge on any atom is -0.449 e. The van der Waals surface area contributed by atoms with Crippen molar-refractivity contribution >= 4 is 16.9 Å². The fourth-order valence-corrected chi connectivity index (χ4v) is 4.74. The van der Waals surface area contributed by atoms with E-state index in [1.165, 1.54) is 11.1 Å². The average Bonchev–Trinajstić information content (AvgIpc) is 3.20. The van der Waals surface area contributed by atoms with Crippen LogP contribution in [-0.4, -0.2) is 35.6 Å². The van der Waals surface area contributed by atoms with E-state index in [0.29, 0.717) is 5.56 Å². The van der Waals surface area contributed by atoms with Crippen molar-refractivity contribution in [3.05, 3.63) is 108 Å². The molecule has 1 aliphatic rings. The molecule has 4 aromatic rings. The van der Waals surface area contributed by atoms with Crippen molar-refractivity contribution in [2.24, 2.45) is 0 Å². The quantitative estimate of drug-likeness (QED) is 0.361. The Hall–Kier alpha value is -3.67. The van der Waals surface area contributed by atoms with Gasteiger partial charge in [-0.15, -0.1) is 0 Å². The van der Waals surface area contributed by atoms with Crippen LogP contribution in [-0.2, 0) is 4.74 Å². The lowest BCUT2D eigenvalue weighted by molar-refractivity contribution is 0.0137. The van der Waals surface area contributed by atoms with Crippen LogP contribution in [0.3, 0.4) is 0 Å². The molecule has 34 heavy (non-hydrogen) atoms. The van der Waals surface area contributed by atoms with Gasteiger partial charge in [0.2, 0.25) is 0 Å². The molecule has 0 aliphatic heterocycles. The number of amides is 1. The zero-order valence-corrected chi connectivity index (χ0v) is 18.7. The van der Waals surface area contributed by atoms with Crippen molar-refractivity contribution in [2.75, 3.05) is 13.2 Å². The number of alkyl carbamates (subject to hydrolysis) is 1. The van der Waals surface area contributed by atoms with E-state index < -0.39 is 18.3 Å². The third kappa shape index (κ3) is 4.40. The largest absolute Gasteiger partial charge is 0.449 e.